The van der Waals surface area contributed by atoms with E-state index in [9.17, 15) is 0 Å². The third-order valence-corrected chi connectivity index (χ3v) is 7.29. The molecule has 3 fully saturated rings. The number of hydrogen-bond donors (Lipinski definition) is 0. The topological polar surface area (TPSA) is 24.9 Å². The summed E-state index contributed by atoms with van der Waals surface area (Å²) in [5.41, 5.74) is 1.15. The van der Waals surface area contributed by atoms with Crippen molar-refractivity contribution in [1.29, 1.82) is 0 Å². The minimum Gasteiger partial charge on any atom is -0.496 e. The van der Waals surface area contributed by atoms with Crippen molar-refractivity contribution in [1.82, 2.24) is 9.80 Å². The van der Waals surface area contributed by atoms with Gasteiger partial charge >= 0.3 is 0 Å². The van der Waals surface area contributed by atoms with Crippen molar-refractivity contribution >= 4 is 6.08 Å². The van der Waals surface area contributed by atoms with E-state index in [-0.39, 0.29) is 0 Å². The lowest BCUT2D eigenvalue weighted by atomic mass is 9.94. The van der Waals surface area contributed by atoms with Gasteiger partial charge in [0, 0.05) is 37.8 Å². The first-order valence-corrected chi connectivity index (χ1v) is 12.2. The van der Waals surface area contributed by atoms with Crippen LogP contribution in [-0.4, -0.2) is 68.4 Å². The Morgan fingerprint density at radius 2 is 1.83 bits per heavy atom. The number of likely N-dealkylation sites (tertiary alicyclic amines) is 1. The van der Waals surface area contributed by atoms with Gasteiger partial charge in [-0.25, -0.2) is 0 Å². The average Bonchev–Trinajstić information content (AvgIpc) is 3.49. The van der Waals surface area contributed by atoms with E-state index >= 15 is 0 Å². The summed E-state index contributed by atoms with van der Waals surface area (Å²) in [5.74, 6) is 1.77. The van der Waals surface area contributed by atoms with Crippen molar-refractivity contribution < 1.29 is 9.47 Å². The molecule has 0 aromatic heterocycles. The third-order valence-electron chi connectivity index (χ3n) is 7.29. The van der Waals surface area contributed by atoms with E-state index < -0.39 is 0 Å². The van der Waals surface area contributed by atoms with Crippen LogP contribution in [0, 0.1) is 5.92 Å². The van der Waals surface area contributed by atoms with E-state index in [1.54, 1.807) is 7.11 Å². The highest BCUT2D eigenvalue weighted by atomic mass is 16.5. The molecule has 0 spiro atoms. The normalized spacial score (nSPS) is 24.4. The Morgan fingerprint density at radius 3 is 2.57 bits per heavy atom. The largest absolute Gasteiger partial charge is 0.496 e. The molecule has 1 aliphatic carbocycles. The summed E-state index contributed by atoms with van der Waals surface area (Å²) in [7, 11) is 1.74. The van der Waals surface area contributed by atoms with Crippen LogP contribution in [0.3, 0.4) is 0 Å². The Labute approximate surface area is 183 Å². The summed E-state index contributed by atoms with van der Waals surface area (Å²) in [6.45, 7) is 6.81. The number of nitrogens with zero attached hydrogens (tertiary/aromatic N) is 2. The van der Waals surface area contributed by atoms with Crippen molar-refractivity contribution in [3.05, 3.63) is 35.9 Å². The minimum atomic E-state index is 0.420. The molecule has 2 aliphatic heterocycles. The fraction of sp³-hybridized carbons (Fsp3) is 0.692. The number of hydrogen-bond acceptors (Lipinski definition) is 4. The van der Waals surface area contributed by atoms with Gasteiger partial charge in [0.2, 0.25) is 0 Å². The van der Waals surface area contributed by atoms with E-state index in [0.717, 1.165) is 43.0 Å². The second-order valence-electron chi connectivity index (χ2n) is 9.42. The molecule has 1 aromatic carbocycles. The van der Waals surface area contributed by atoms with Crippen LogP contribution >= 0.6 is 0 Å². The Balaban J connectivity index is 1.31. The van der Waals surface area contributed by atoms with Gasteiger partial charge in [-0.1, -0.05) is 43.2 Å². The van der Waals surface area contributed by atoms with Crippen molar-refractivity contribution in [3.63, 3.8) is 0 Å². The maximum absolute atomic E-state index is 5.96. The molecular formula is C26H40N2O2. The molecule has 0 radical (unpaired) electrons. The third kappa shape index (κ3) is 6.09. The molecule has 0 N–H and O–H groups in total. The molecule has 0 unspecified atom stereocenters. The number of piperidine rings is 1. The molecule has 0 bridgehead atoms. The second kappa shape index (κ2) is 11.3. The molecule has 1 saturated carbocycles. The fourth-order valence-corrected chi connectivity index (χ4v) is 5.57. The number of para-hydroxylation sites is 1. The summed E-state index contributed by atoms with van der Waals surface area (Å²) < 4.78 is 11.5. The van der Waals surface area contributed by atoms with E-state index in [1.807, 2.05) is 12.1 Å². The summed E-state index contributed by atoms with van der Waals surface area (Å²) in [4.78, 5) is 5.42. The predicted molar refractivity (Wildman–Crippen MR) is 124 cm³/mol. The molecule has 4 rings (SSSR count). The highest BCUT2D eigenvalue weighted by Crippen LogP contribution is 2.28. The summed E-state index contributed by atoms with van der Waals surface area (Å²) in [5, 5.41) is 0. The number of methoxy groups -OCH3 is 1. The lowest BCUT2D eigenvalue weighted by Gasteiger charge is -2.38. The Hall–Kier alpha value is -1.36. The Morgan fingerprint density at radius 1 is 1.03 bits per heavy atom. The molecule has 4 nitrogen and oxygen atoms in total. The van der Waals surface area contributed by atoms with Crippen LogP contribution in [0.15, 0.2) is 30.3 Å². The van der Waals surface area contributed by atoms with Crippen molar-refractivity contribution in [3.8, 4) is 5.75 Å². The van der Waals surface area contributed by atoms with E-state index in [4.69, 9.17) is 9.47 Å². The molecule has 2 heterocycles. The first-order chi connectivity index (χ1) is 14.8. The molecular weight excluding hydrogens is 372 g/mol. The number of ether oxygens (including phenoxy) is 2. The standard InChI is InChI=1S/C26H40N2O2/c1-29-26-13-5-2-8-23(26)9-6-16-27(21-25-12-7-19-30-25)20-22-14-17-28(18-15-22)24-10-3-4-11-24/h2,5-6,8-9,13,22,24-25H,3-4,7,10-12,14-21H2,1H3/b9-6+/t25-/m1/s1. The van der Waals surface area contributed by atoms with Crippen LogP contribution in [0.2, 0.25) is 0 Å². The molecule has 4 heteroatoms. The summed E-state index contributed by atoms with van der Waals surface area (Å²) in [6, 6.07) is 9.14. The van der Waals surface area contributed by atoms with Gasteiger partial charge in [-0.15, -0.1) is 0 Å². The Bertz CT molecular complexity index is 657. The van der Waals surface area contributed by atoms with Crippen molar-refractivity contribution in [2.24, 2.45) is 5.92 Å². The number of benzene rings is 1. The molecule has 166 valence electrons. The van der Waals surface area contributed by atoms with Crippen LogP contribution in [0.1, 0.15) is 56.9 Å². The van der Waals surface area contributed by atoms with Crippen LogP contribution in [0.4, 0.5) is 0 Å². The molecule has 1 aromatic rings. The lowest BCUT2D eigenvalue weighted by molar-refractivity contribution is 0.0614. The zero-order valence-corrected chi connectivity index (χ0v) is 18.8. The van der Waals surface area contributed by atoms with Crippen LogP contribution in [0.5, 0.6) is 5.75 Å². The first kappa shape index (κ1) is 21.9. The van der Waals surface area contributed by atoms with Gasteiger partial charge < -0.3 is 14.4 Å². The van der Waals surface area contributed by atoms with Crippen molar-refractivity contribution in [2.45, 2.75) is 63.5 Å². The SMILES string of the molecule is COc1ccccc1/C=C/CN(CC1CCN(C2CCCC2)CC1)C[C@H]1CCCO1. The van der Waals surface area contributed by atoms with Gasteiger partial charge in [-0.2, -0.15) is 0 Å². The fourth-order valence-electron chi connectivity index (χ4n) is 5.57. The van der Waals surface area contributed by atoms with Gasteiger partial charge in [-0.3, -0.25) is 4.90 Å². The van der Waals surface area contributed by atoms with Crippen LogP contribution in [0.25, 0.3) is 6.08 Å². The minimum absolute atomic E-state index is 0.420. The van der Waals surface area contributed by atoms with E-state index in [1.165, 1.54) is 71.0 Å². The Kier molecular flexibility index (Phi) is 8.24. The maximum Gasteiger partial charge on any atom is 0.126 e. The summed E-state index contributed by atoms with van der Waals surface area (Å²) >= 11 is 0. The average molecular weight is 413 g/mol. The quantitative estimate of drug-likeness (QED) is 0.579. The smallest absolute Gasteiger partial charge is 0.126 e. The van der Waals surface area contributed by atoms with Gasteiger partial charge in [0.15, 0.2) is 0 Å². The molecule has 2 saturated heterocycles. The monoisotopic (exact) mass is 412 g/mol. The maximum atomic E-state index is 5.96. The molecule has 0 amide bonds. The van der Waals surface area contributed by atoms with Gasteiger partial charge in [0.05, 0.1) is 13.2 Å². The predicted octanol–water partition coefficient (Wildman–Crippen LogP) is 4.84. The highest BCUT2D eigenvalue weighted by Gasteiger charge is 2.28. The second-order valence-corrected chi connectivity index (χ2v) is 9.42. The molecule has 3 aliphatic rings. The van der Waals surface area contributed by atoms with Crippen molar-refractivity contribution in [2.75, 3.05) is 46.4 Å². The van der Waals surface area contributed by atoms with Gasteiger partial charge in [0.25, 0.3) is 0 Å². The van der Waals surface area contributed by atoms with E-state index in [2.05, 4.69) is 34.1 Å². The number of rotatable bonds is 9. The summed E-state index contributed by atoms with van der Waals surface area (Å²) in [6.07, 6.45) is 15.8. The van der Waals surface area contributed by atoms with E-state index in [0.29, 0.717) is 6.10 Å². The first-order valence-electron chi connectivity index (χ1n) is 12.2. The zero-order valence-electron chi connectivity index (χ0n) is 18.8. The van der Waals surface area contributed by atoms with Crippen LogP contribution < -0.4 is 4.74 Å². The zero-order chi connectivity index (χ0) is 20.6. The van der Waals surface area contributed by atoms with Gasteiger partial charge in [0.1, 0.15) is 5.75 Å². The lowest BCUT2D eigenvalue weighted by Crippen LogP contribution is -2.43. The molecule has 30 heavy (non-hydrogen) atoms. The highest BCUT2D eigenvalue weighted by molar-refractivity contribution is 5.57. The van der Waals surface area contributed by atoms with Gasteiger partial charge in [-0.05, 0) is 63.6 Å². The van der Waals surface area contributed by atoms with Crippen LogP contribution in [-0.2, 0) is 4.74 Å². The molecule has 1 atom stereocenters.